The first kappa shape index (κ1) is 27.7. The maximum atomic E-state index is 12.5. The predicted molar refractivity (Wildman–Crippen MR) is 147 cm³/mol. The number of carbonyl (C=O) groups excluding carboxylic acids is 2. The zero-order valence-electron chi connectivity index (χ0n) is 21.2. The molecule has 4 aromatic rings. The molecule has 8 nitrogen and oxygen atoms in total. The van der Waals surface area contributed by atoms with E-state index in [0.717, 1.165) is 22.3 Å². The van der Waals surface area contributed by atoms with Crippen LogP contribution in [-0.2, 0) is 26.5 Å². The van der Waals surface area contributed by atoms with Crippen LogP contribution in [0.3, 0.4) is 0 Å². The number of carbonyl (C=O) groups is 2. The molecule has 0 bridgehead atoms. The molecule has 4 rings (SSSR count). The Kier molecular flexibility index (Phi) is 7.98. The highest BCUT2D eigenvalue weighted by molar-refractivity contribution is 7.90. The molecule has 0 unspecified atom stereocenters. The van der Waals surface area contributed by atoms with Crippen LogP contribution in [0.25, 0.3) is 0 Å². The summed E-state index contributed by atoms with van der Waals surface area (Å²) in [6.45, 7) is 3.67. The first-order chi connectivity index (χ1) is 18.4. The van der Waals surface area contributed by atoms with Gasteiger partial charge in [-0.15, -0.1) is 0 Å². The second kappa shape index (κ2) is 11.2. The average Bonchev–Trinajstić information content (AvgIpc) is 2.89. The average molecular weight is 563 g/mol. The van der Waals surface area contributed by atoms with Crippen LogP contribution in [0, 0.1) is 13.8 Å². The Hall–Kier alpha value is -4.28. The summed E-state index contributed by atoms with van der Waals surface area (Å²) >= 11 is 0. The summed E-state index contributed by atoms with van der Waals surface area (Å²) in [5, 5.41) is 0. The lowest BCUT2D eigenvalue weighted by molar-refractivity contribution is 0.0972. The van der Waals surface area contributed by atoms with Crippen molar-refractivity contribution >= 4 is 31.9 Å². The van der Waals surface area contributed by atoms with Crippen LogP contribution in [0.15, 0.2) is 107 Å². The number of benzene rings is 4. The van der Waals surface area contributed by atoms with Gasteiger partial charge in [0.2, 0.25) is 0 Å². The SMILES string of the molecule is Cc1ccc(S(=O)(=O)NC(=O)c2ccc(Cc3ccc(C(=O)NS(=O)(=O)c4ccc(C)cc4)cc3)cc2)cc1. The summed E-state index contributed by atoms with van der Waals surface area (Å²) in [4.78, 5) is 25.0. The van der Waals surface area contributed by atoms with Gasteiger partial charge in [0, 0.05) is 11.1 Å². The van der Waals surface area contributed by atoms with Crippen LogP contribution in [0.5, 0.6) is 0 Å². The molecule has 10 heteroatoms. The van der Waals surface area contributed by atoms with Gasteiger partial charge in [-0.3, -0.25) is 9.59 Å². The molecule has 2 N–H and O–H groups in total. The molecule has 0 heterocycles. The Morgan fingerprint density at radius 2 is 0.821 bits per heavy atom. The summed E-state index contributed by atoms with van der Waals surface area (Å²) < 4.78 is 54.1. The summed E-state index contributed by atoms with van der Waals surface area (Å²) in [6, 6.07) is 25.3. The van der Waals surface area contributed by atoms with Crippen molar-refractivity contribution in [1.29, 1.82) is 0 Å². The third kappa shape index (κ3) is 6.98. The molecule has 0 aliphatic carbocycles. The molecule has 4 aromatic carbocycles. The molecule has 2 amide bonds. The van der Waals surface area contributed by atoms with E-state index in [0.29, 0.717) is 6.42 Å². The normalized spacial score (nSPS) is 11.5. The van der Waals surface area contributed by atoms with Crippen LogP contribution in [0.4, 0.5) is 0 Å². The number of aryl methyl sites for hydroxylation is 2. The first-order valence-electron chi connectivity index (χ1n) is 11.9. The van der Waals surface area contributed by atoms with E-state index >= 15 is 0 Å². The van der Waals surface area contributed by atoms with Gasteiger partial charge >= 0.3 is 0 Å². The molecule has 39 heavy (non-hydrogen) atoms. The van der Waals surface area contributed by atoms with Gasteiger partial charge in [-0.05, 0) is 79.9 Å². The highest BCUT2D eigenvalue weighted by Gasteiger charge is 2.20. The Labute approximate surface area is 227 Å². The van der Waals surface area contributed by atoms with Gasteiger partial charge in [0.15, 0.2) is 0 Å². The number of amides is 2. The number of nitrogens with one attached hydrogen (secondary N) is 2. The zero-order valence-corrected chi connectivity index (χ0v) is 22.8. The quantitative estimate of drug-likeness (QED) is 0.333. The van der Waals surface area contributed by atoms with Gasteiger partial charge < -0.3 is 0 Å². The number of hydrogen-bond donors (Lipinski definition) is 2. The van der Waals surface area contributed by atoms with Crippen LogP contribution >= 0.6 is 0 Å². The fourth-order valence-corrected chi connectivity index (χ4v) is 5.65. The Balaban J connectivity index is 1.37. The molecule has 0 atom stereocenters. The van der Waals surface area contributed by atoms with Gasteiger partial charge in [-0.1, -0.05) is 59.7 Å². The van der Waals surface area contributed by atoms with Crippen molar-refractivity contribution in [3.05, 3.63) is 130 Å². The summed E-state index contributed by atoms with van der Waals surface area (Å²) in [5.74, 6) is -1.48. The van der Waals surface area contributed by atoms with Crippen molar-refractivity contribution in [3.8, 4) is 0 Å². The van der Waals surface area contributed by atoms with Crippen molar-refractivity contribution in [2.24, 2.45) is 0 Å². The molecule has 0 fully saturated rings. The Morgan fingerprint density at radius 3 is 1.13 bits per heavy atom. The topological polar surface area (TPSA) is 126 Å². The third-order valence-electron chi connectivity index (χ3n) is 5.96. The van der Waals surface area contributed by atoms with E-state index < -0.39 is 31.9 Å². The largest absolute Gasteiger partial charge is 0.268 e. The molecule has 0 aliphatic heterocycles. The fourth-order valence-electron chi connectivity index (χ4n) is 3.70. The van der Waals surface area contributed by atoms with E-state index in [1.165, 1.54) is 48.5 Å². The Morgan fingerprint density at radius 1 is 0.513 bits per heavy atom. The fraction of sp³-hybridized carbons (Fsp3) is 0.103. The molecule has 0 aromatic heterocycles. The zero-order chi connectivity index (χ0) is 28.2. The van der Waals surface area contributed by atoms with E-state index in [1.807, 2.05) is 13.8 Å². The van der Waals surface area contributed by atoms with Gasteiger partial charge in [-0.25, -0.2) is 26.3 Å². The van der Waals surface area contributed by atoms with Crippen LogP contribution in [0.1, 0.15) is 43.0 Å². The molecule has 0 spiro atoms. The van der Waals surface area contributed by atoms with Gasteiger partial charge in [0.05, 0.1) is 9.79 Å². The maximum Gasteiger partial charge on any atom is 0.264 e. The van der Waals surface area contributed by atoms with E-state index in [-0.39, 0.29) is 20.9 Å². The maximum absolute atomic E-state index is 12.5. The second-order valence-electron chi connectivity index (χ2n) is 9.07. The van der Waals surface area contributed by atoms with Crippen molar-refractivity contribution in [3.63, 3.8) is 0 Å². The van der Waals surface area contributed by atoms with E-state index in [1.54, 1.807) is 48.5 Å². The summed E-state index contributed by atoms with van der Waals surface area (Å²) in [7, 11) is -7.99. The van der Waals surface area contributed by atoms with Crippen molar-refractivity contribution in [2.45, 2.75) is 30.1 Å². The molecular formula is C29H26N2O6S2. The van der Waals surface area contributed by atoms with Crippen molar-refractivity contribution in [1.82, 2.24) is 9.44 Å². The molecule has 200 valence electrons. The van der Waals surface area contributed by atoms with E-state index in [9.17, 15) is 26.4 Å². The smallest absolute Gasteiger partial charge is 0.264 e. The lowest BCUT2D eigenvalue weighted by Crippen LogP contribution is -2.30. The monoisotopic (exact) mass is 562 g/mol. The minimum absolute atomic E-state index is 0.00273. The number of hydrogen-bond acceptors (Lipinski definition) is 6. The minimum atomic E-state index is -3.99. The van der Waals surface area contributed by atoms with E-state index in [4.69, 9.17) is 0 Å². The highest BCUT2D eigenvalue weighted by atomic mass is 32.2. The van der Waals surface area contributed by atoms with E-state index in [2.05, 4.69) is 9.44 Å². The molecule has 0 radical (unpaired) electrons. The predicted octanol–water partition coefficient (Wildman–Crippen LogP) is 4.13. The van der Waals surface area contributed by atoms with Crippen LogP contribution in [-0.4, -0.2) is 28.6 Å². The summed E-state index contributed by atoms with van der Waals surface area (Å²) in [6.07, 6.45) is 0.479. The summed E-state index contributed by atoms with van der Waals surface area (Å²) in [5.41, 5.74) is 3.89. The standard InChI is InChI=1S/C29H26N2O6S2/c1-20-3-15-26(16-4-20)38(34,35)30-28(32)24-11-7-22(8-12-24)19-23-9-13-25(14-10-23)29(33)31-39(36,37)27-17-5-21(2)6-18-27/h3-18H,19H2,1-2H3,(H,30,32)(H,31,33). The van der Waals surface area contributed by atoms with Crippen molar-refractivity contribution in [2.75, 3.05) is 0 Å². The van der Waals surface area contributed by atoms with Crippen LogP contribution < -0.4 is 9.44 Å². The number of sulfonamides is 2. The molecule has 0 saturated carbocycles. The lowest BCUT2D eigenvalue weighted by atomic mass is 10.0. The third-order valence-corrected chi connectivity index (χ3v) is 8.65. The molecule has 0 aliphatic rings. The Bertz CT molecular complexity index is 1580. The second-order valence-corrected chi connectivity index (χ2v) is 12.4. The van der Waals surface area contributed by atoms with Crippen molar-refractivity contribution < 1.29 is 26.4 Å². The molecule has 0 saturated heterocycles. The minimum Gasteiger partial charge on any atom is -0.268 e. The highest BCUT2D eigenvalue weighted by Crippen LogP contribution is 2.15. The lowest BCUT2D eigenvalue weighted by Gasteiger charge is -2.09. The van der Waals surface area contributed by atoms with Crippen LogP contribution in [0.2, 0.25) is 0 Å². The molecular weight excluding hydrogens is 536 g/mol. The van der Waals surface area contributed by atoms with Gasteiger partial charge in [0.25, 0.3) is 31.9 Å². The first-order valence-corrected chi connectivity index (χ1v) is 14.9. The van der Waals surface area contributed by atoms with Gasteiger partial charge in [-0.2, -0.15) is 0 Å². The number of rotatable bonds is 8. The van der Waals surface area contributed by atoms with Gasteiger partial charge in [0.1, 0.15) is 0 Å².